The van der Waals surface area contributed by atoms with Crippen LogP contribution < -0.4 is 10.0 Å². The van der Waals surface area contributed by atoms with Gasteiger partial charge in [0.15, 0.2) is 0 Å². The third-order valence-electron chi connectivity index (χ3n) is 2.44. The predicted molar refractivity (Wildman–Crippen MR) is 83.2 cm³/mol. The van der Waals surface area contributed by atoms with Crippen molar-refractivity contribution in [2.45, 2.75) is 18.2 Å². The fourth-order valence-electron chi connectivity index (χ4n) is 1.48. The minimum absolute atomic E-state index is 0.0377. The smallest absolute Gasteiger partial charge is 0.263 e. The Morgan fingerprint density at radius 2 is 2.25 bits per heavy atom. The summed E-state index contributed by atoms with van der Waals surface area (Å²) < 4.78 is 26.8. The minimum Gasteiger partial charge on any atom is -0.369 e. The summed E-state index contributed by atoms with van der Waals surface area (Å²) in [6, 6.07) is 3.08. The van der Waals surface area contributed by atoms with Gasteiger partial charge < -0.3 is 5.32 Å². The number of pyridine rings is 1. The van der Waals surface area contributed by atoms with E-state index in [2.05, 4.69) is 15.0 Å². The molecule has 0 aromatic carbocycles. The molecular formula is C12H14ClN3O2S2. The molecule has 0 aliphatic heterocycles. The van der Waals surface area contributed by atoms with E-state index in [4.69, 9.17) is 11.6 Å². The van der Waals surface area contributed by atoms with Crippen LogP contribution in [0.4, 0.5) is 11.5 Å². The lowest BCUT2D eigenvalue weighted by molar-refractivity contribution is 0.601. The van der Waals surface area contributed by atoms with Crippen molar-refractivity contribution in [2.24, 2.45) is 0 Å². The second kappa shape index (κ2) is 6.43. The number of anilines is 2. The highest BCUT2D eigenvalue weighted by Gasteiger charge is 2.17. The summed E-state index contributed by atoms with van der Waals surface area (Å²) in [5.74, 6) is 0.489. The predicted octanol–water partition coefficient (Wildman–Crippen LogP) is 3.42. The number of hydrogen-bond donors (Lipinski definition) is 2. The van der Waals surface area contributed by atoms with Crippen molar-refractivity contribution >= 4 is 44.5 Å². The zero-order valence-corrected chi connectivity index (χ0v) is 13.1. The molecule has 2 rings (SSSR count). The van der Waals surface area contributed by atoms with Crippen LogP contribution in [0.2, 0.25) is 5.02 Å². The van der Waals surface area contributed by atoms with Gasteiger partial charge >= 0.3 is 0 Å². The highest BCUT2D eigenvalue weighted by molar-refractivity contribution is 7.92. The Hall–Kier alpha value is -1.31. The van der Waals surface area contributed by atoms with Crippen LogP contribution in [0, 0.1) is 0 Å². The van der Waals surface area contributed by atoms with Crippen LogP contribution >= 0.6 is 22.9 Å². The van der Waals surface area contributed by atoms with Crippen LogP contribution in [0.25, 0.3) is 0 Å². The van der Waals surface area contributed by atoms with E-state index in [9.17, 15) is 8.42 Å². The maximum Gasteiger partial charge on any atom is 0.263 e. The number of hydrogen-bond acceptors (Lipinski definition) is 5. The quantitative estimate of drug-likeness (QED) is 0.850. The van der Waals surface area contributed by atoms with Gasteiger partial charge in [-0.25, -0.2) is 13.4 Å². The molecular weight excluding hydrogens is 318 g/mol. The van der Waals surface area contributed by atoms with Crippen LogP contribution in [0.5, 0.6) is 0 Å². The Balaban J connectivity index is 2.22. The minimum atomic E-state index is -3.66. The molecule has 0 bridgehead atoms. The van der Waals surface area contributed by atoms with Crippen molar-refractivity contribution in [2.75, 3.05) is 16.6 Å². The highest BCUT2D eigenvalue weighted by Crippen LogP contribution is 2.24. The van der Waals surface area contributed by atoms with Gasteiger partial charge in [-0.1, -0.05) is 18.5 Å². The molecule has 2 aromatic heterocycles. The first-order valence-electron chi connectivity index (χ1n) is 5.97. The molecule has 0 spiro atoms. The van der Waals surface area contributed by atoms with Gasteiger partial charge in [0.1, 0.15) is 10.7 Å². The Bertz CT molecular complexity index is 672. The molecule has 8 heteroatoms. The van der Waals surface area contributed by atoms with Gasteiger partial charge in [0.25, 0.3) is 10.0 Å². The van der Waals surface area contributed by atoms with Crippen LogP contribution in [0.3, 0.4) is 0 Å². The van der Waals surface area contributed by atoms with Crippen LogP contribution in [-0.2, 0) is 10.0 Å². The van der Waals surface area contributed by atoms with E-state index in [1.807, 2.05) is 6.92 Å². The molecule has 108 valence electrons. The molecule has 0 saturated heterocycles. The van der Waals surface area contributed by atoms with E-state index in [0.717, 1.165) is 13.0 Å². The SMILES string of the molecule is CCCNc1ncc(S(=O)(=O)Nc2ccsc2)cc1Cl. The molecule has 0 fully saturated rings. The summed E-state index contributed by atoms with van der Waals surface area (Å²) in [5, 5.41) is 6.82. The van der Waals surface area contributed by atoms with E-state index < -0.39 is 10.0 Å². The Morgan fingerprint density at radius 3 is 2.85 bits per heavy atom. The number of rotatable bonds is 6. The number of thiophene rings is 1. The molecule has 0 unspecified atom stereocenters. The molecule has 5 nitrogen and oxygen atoms in total. The number of sulfonamides is 1. The highest BCUT2D eigenvalue weighted by atomic mass is 35.5. The summed E-state index contributed by atoms with van der Waals surface area (Å²) in [4.78, 5) is 4.09. The van der Waals surface area contributed by atoms with Gasteiger partial charge in [-0.05, 0) is 23.9 Å². The van der Waals surface area contributed by atoms with Gasteiger partial charge in [0.05, 0.1) is 10.7 Å². The van der Waals surface area contributed by atoms with Crippen LogP contribution in [0.1, 0.15) is 13.3 Å². The molecule has 2 heterocycles. The summed E-state index contributed by atoms with van der Waals surface area (Å²) >= 11 is 7.45. The van der Waals surface area contributed by atoms with Gasteiger partial charge in [-0.2, -0.15) is 11.3 Å². The first kappa shape index (κ1) is 15.1. The lowest BCUT2D eigenvalue weighted by Gasteiger charge is -2.09. The zero-order valence-electron chi connectivity index (χ0n) is 10.8. The molecule has 0 amide bonds. The van der Waals surface area contributed by atoms with Gasteiger partial charge in [0.2, 0.25) is 0 Å². The van der Waals surface area contributed by atoms with Gasteiger partial charge in [-0.15, -0.1) is 0 Å². The van der Waals surface area contributed by atoms with E-state index >= 15 is 0 Å². The summed E-state index contributed by atoms with van der Waals surface area (Å²) in [5.41, 5.74) is 0.527. The molecule has 2 N–H and O–H groups in total. The standard InChI is InChI=1S/C12H14ClN3O2S2/c1-2-4-14-12-11(13)6-10(7-15-12)20(17,18)16-9-3-5-19-8-9/h3,5-8,16H,2,4H2,1H3,(H,14,15). The van der Waals surface area contributed by atoms with Crippen molar-refractivity contribution in [1.29, 1.82) is 0 Å². The van der Waals surface area contributed by atoms with E-state index in [0.29, 0.717) is 11.5 Å². The van der Waals surface area contributed by atoms with E-state index in [-0.39, 0.29) is 9.92 Å². The average Bonchev–Trinajstić information content (AvgIpc) is 2.89. The molecule has 0 radical (unpaired) electrons. The Morgan fingerprint density at radius 1 is 1.45 bits per heavy atom. The second-order valence-corrected chi connectivity index (χ2v) is 6.92. The molecule has 0 saturated carbocycles. The molecule has 2 aromatic rings. The fraction of sp³-hybridized carbons (Fsp3) is 0.250. The molecule has 0 atom stereocenters. The number of nitrogens with zero attached hydrogens (tertiary/aromatic N) is 1. The lowest BCUT2D eigenvalue weighted by atomic mass is 10.4. The van der Waals surface area contributed by atoms with Crippen molar-refractivity contribution in [3.8, 4) is 0 Å². The Kier molecular flexibility index (Phi) is 4.85. The maximum atomic E-state index is 12.2. The summed E-state index contributed by atoms with van der Waals surface area (Å²) in [6.45, 7) is 2.75. The average molecular weight is 332 g/mol. The van der Waals surface area contributed by atoms with Crippen molar-refractivity contribution < 1.29 is 8.42 Å². The van der Waals surface area contributed by atoms with Gasteiger partial charge in [-0.3, -0.25) is 4.72 Å². The van der Waals surface area contributed by atoms with E-state index in [1.54, 1.807) is 16.8 Å². The first-order chi connectivity index (χ1) is 9.53. The van der Waals surface area contributed by atoms with Crippen LogP contribution in [0.15, 0.2) is 34.0 Å². The van der Waals surface area contributed by atoms with Gasteiger partial charge in [0, 0.05) is 18.1 Å². The molecule has 0 aliphatic carbocycles. The van der Waals surface area contributed by atoms with E-state index in [1.165, 1.54) is 23.6 Å². The number of aromatic nitrogens is 1. The first-order valence-corrected chi connectivity index (χ1v) is 8.78. The maximum absolute atomic E-state index is 12.2. The van der Waals surface area contributed by atoms with Crippen LogP contribution in [-0.4, -0.2) is 19.9 Å². The zero-order chi connectivity index (χ0) is 14.6. The van der Waals surface area contributed by atoms with Crippen molar-refractivity contribution in [3.63, 3.8) is 0 Å². The molecule has 0 aliphatic rings. The summed E-state index contributed by atoms with van der Waals surface area (Å²) in [7, 11) is -3.66. The lowest BCUT2D eigenvalue weighted by Crippen LogP contribution is -2.13. The van der Waals surface area contributed by atoms with Crippen molar-refractivity contribution in [3.05, 3.63) is 34.1 Å². The third kappa shape index (κ3) is 3.62. The molecule has 20 heavy (non-hydrogen) atoms. The number of nitrogens with one attached hydrogen (secondary N) is 2. The number of halogens is 1. The monoisotopic (exact) mass is 331 g/mol. The summed E-state index contributed by atoms with van der Waals surface area (Å²) in [6.07, 6.45) is 2.22. The second-order valence-electron chi connectivity index (χ2n) is 4.05. The third-order valence-corrected chi connectivity index (χ3v) is 4.76. The largest absolute Gasteiger partial charge is 0.369 e. The normalized spacial score (nSPS) is 11.3. The Labute approximate surface area is 127 Å². The van der Waals surface area contributed by atoms with Crippen molar-refractivity contribution in [1.82, 2.24) is 4.98 Å². The fourth-order valence-corrected chi connectivity index (χ4v) is 3.46. The topological polar surface area (TPSA) is 71.1 Å².